The minimum Gasteiger partial charge on any atom is -0.324 e. The quantitative estimate of drug-likeness (QED) is 0.928. The lowest BCUT2D eigenvalue weighted by Crippen LogP contribution is -2.22. The molecule has 1 rings (SSSR count). The summed E-state index contributed by atoms with van der Waals surface area (Å²) in [5, 5.41) is 20.5. The summed E-state index contributed by atoms with van der Waals surface area (Å²) in [5.41, 5.74) is 0.799. The molecule has 1 N–H and O–H groups in total. The first-order valence-corrected chi connectivity index (χ1v) is 6.31. The van der Waals surface area contributed by atoms with Gasteiger partial charge in [0.15, 0.2) is 0 Å². The van der Waals surface area contributed by atoms with Gasteiger partial charge in [0, 0.05) is 4.47 Å². The van der Waals surface area contributed by atoms with Crippen molar-refractivity contribution in [2.75, 3.05) is 5.32 Å². The highest BCUT2D eigenvalue weighted by atomic mass is 79.9. The molecule has 0 aliphatic rings. The molecule has 0 saturated heterocycles. The van der Waals surface area contributed by atoms with Gasteiger partial charge >= 0.3 is 0 Å². The number of anilines is 1. The van der Waals surface area contributed by atoms with Crippen LogP contribution in [0.2, 0.25) is 0 Å². The second-order valence-electron chi connectivity index (χ2n) is 3.76. The lowest BCUT2D eigenvalue weighted by Gasteiger charge is -2.10. The van der Waals surface area contributed by atoms with Gasteiger partial charge in [0.05, 0.1) is 17.3 Å². The highest BCUT2D eigenvalue weighted by Crippen LogP contribution is 2.21. The smallest absolute Gasteiger partial charge is 0.241 e. The molecule has 0 radical (unpaired) electrons. The van der Waals surface area contributed by atoms with Crippen LogP contribution in [-0.4, -0.2) is 5.91 Å². The Morgan fingerprint density at radius 1 is 1.50 bits per heavy atom. The van der Waals surface area contributed by atoms with Gasteiger partial charge < -0.3 is 5.32 Å². The molecule has 18 heavy (non-hydrogen) atoms. The van der Waals surface area contributed by atoms with Crippen LogP contribution in [0.5, 0.6) is 0 Å². The molecule has 1 aromatic rings. The van der Waals surface area contributed by atoms with Crippen molar-refractivity contribution in [2.24, 2.45) is 5.92 Å². The number of hydrogen-bond donors (Lipinski definition) is 1. The summed E-state index contributed by atoms with van der Waals surface area (Å²) < 4.78 is 0.765. The van der Waals surface area contributed by atoms with Crippen molar-refractivity contribution in [2.45, 2.75) is 19.8 Å². The Morgan fingerprint density at radius 3 is 2.78 bits per heavy atom. The number of rotatable bonds is 4. The fourth-order valence-electron chi connectivity index (χ4n) is 1.48. The molecule has 0 aliphatic heterocycles. The van der Waals surface area contributed by atoms with Gasteiger partial charge in [-0.25, -0.2) is 0 Å². The van der Waals surface area contributed by atoms with Gasteiger partial charge in [0.1, 0.15) is 12.0 Å². The van der Waals surface area contributed by atoms with E-state index in [1.807, 2.05) is 19.1 Å². The third kappa shape index (κ3) is 3.58. The van der Waals surface area contributed by atoms with E-state index < -0.39 is 5.92 Å². The van der Waals surface area contributed by atoms with Gasteiger partial charge in [-0.3, -0.25) is 4.79 Å². The molecule has 0 heterocycles. The topological polar surface area (TPSA) is 76.7 Å². The van der Waals surface area contributed by atoms with Crippen molar-refractivity contribution in [1.29, 1.82) is 10.5 Å². The number of nitrogens with one attached hydrogen (secondary N) is 1. The average molecular weight is 306 g/mol. The van der Waals surface area contributed by atoms with Crippen LogP contribution in [-0.2, 0) is 4.79 Å². The Bertz CT molecular complexity index is 528. The molecule has 1 aromatic carbocycles. The minimum absolute atomic E-state index is 0.367. The van der Waals surface area contributed by atoms with Crippen LogP contribution >= 0.6 is 15.9 Å². The predicted molar refractivity (Wildman–Crippen MR) is 71.5 cm³/mol. The van der Waals surface area contributed by atoms with Crippen molar-refractivity contribution in [3.8, 4) is 12.1 Å². The minimum atomic E-state index is -0.680. The van der Waals surface area contributed by atoms with Gasteiger partial charge in [-0.05, 0) is 24.6 Å². The Balaban J connectivity index is 2.91. The SMILES string of the molecule is CCCC(C#N)C(=O)Nc1cc(Br)ccc1C#N. The Morgan fingerprint density at radius 2 is 2.22 bits per heavy atom. The summed E-state index contributed by atoms with van der Waals surface area (Å²) in [6.07, 6.45) is 1.27. The number of carbonyl (C=O) groups excluding carboxylic acids is 1. The summed E-state index contributed by atoms with van der Waals surface area (Å²) >= 11 is 3.27. The molecule has 0 aliphatic carbocycles. The maximum atomic E-state index is 11.9. The van der Waals surface area contributed by atoms with E-state index in [0.29, 0.717) is 17.7 Å². The third-order valence-corrected chi connectivity index (χ3v) is 2.90. The highest BCUT2D eigenvalue weighted by molar-refractivity contribution is 9.10. The first-order chi connectivity index (χ1) is 8.62. The number of nitrogens with zero attached hydrogens (tertiary/aromatic N) is 2. The Labute approximate surface area is 114 Å². The first-order valence-electron chi connectivity index (χ1n) is 5.52. The fraction of sp³-hybridized carbons (Fsp3) is 0.308. The predicted octanol–water partition coefficient (Wildman–Crippen LogP) is 3.20. The molecule has 0 bridgehead atoms. The lowest BCUT2D eigenvalue weighted by molar-refractivity contribution is -0.118. The summed E-state index contributed by atoms with van der Waals surface area (Å²) in [5.74, 6) is -1.05. The zero-order valence-electron chi connectivity index (χ0n) is 9.90. The molecular formula is C13H12BrN3O. The molecular weight excluding hydrogens is 294 g/mol. The van der Waals surface area contributed by atoms with Crippen molar-refractivity contribution in [1.82, 2.24) is 0 Å². The number of halogens is 1. The van der Waals surface area contributed by atoms with Crippen molar-refractivity contribution in [3.05, 3.63) is 28.2 Å². The van der Waals surface area contributed by atoms with E-state index in [-0.39, 0.29) is 5.91 Å². The van der Waals surface area contributed by atoms with E-state index in [4.69, 9.17) is 10.5 Å². The number of hydrogen-bond acceptors (Lipinski definition) is 3. The maximum Gasteiger partial charge on any atom is 0.241 e. The fourth-order valence-corrected chi connectivity index (χ4v) is 1.84. The second-order valence-corrected chi connectivity index (χ2v) is 4.68. The number of carbonyl (C=O) groups is 1. The summed E-state index contributed by atoms with van der Waals surface area (Å²) in [7, 11) is 0. The average Bonchev–Trinajstić information content (AvgIpc) is 2.36. The normalized spacial score (nSPS) is 11.1. The lowest BCUT2D eigenvalue weighted by atomic mass is 10.0. The molecule has 92 valence electrons. The monoisotopic (exact) mass is 305 g/mol. The molecule has 0 spiro atoms. The van der Waals surface area contributed by atoms with Gasteiger partial charge in [-0.2, -0.15) is 10.5 Å². The van der Waals surface area contributed by atoms with Crippen LogP contribution < -0.4 is 5.32 Å². The molecule has 1 amide bonds. The van der Waals surface area contributed by atoms with E-state index in [1.54, 1.807) is 18.2 Å². The zero-order valence-corrected chi connectivity index (χ0v) is 11.5. The van der Waals surface area contributed by atoms with E-state index in [9.17, 15) is 4.79 Å². The maximum absolute atomic E-state index is 11.9. The van der Waals surface area contributed by atoms with Crippen molar-refractivity contribution >= 4 is 27.5 Å². The molecule has 5 heteroatoms. The number of amides is 1. The van der Waals surface area contributed by atoms with Crippen molar-refractivity contribution < 1.29 is 4.79 Å². The summed E-state index contributed by atoms with van der Waals surface area (Å²) in [6.45, 7) is 1.91. The Kier molecular flexibility index (Phi) is 5.35. The van der Waals surface area contributed by atoms with Crippen LogP contribution in [0.15, 0.2) is 22.7 Å². The van der Waals surface area contributed by atoms with Crippen LogP contribution in [0.4, 0.5) is 5.69 Å². The van der Waals surface area contributed by atoms with E-state index in [1.165, 1.54) is 0 Å². The van der Waals surface area contributed by atoms with E-state index in [0.717, 1.165) is 10.9 Å². The molecule has 0 aromatic heterocycles. The molecule has 0 fully saturated rings. The second kappa shape index (κ2) is 6.78. The van der Waals surface area contributed by atoms with Crippen LogP contribution in [0.3, 0.4) is 0 Å². The van der Waals surface area contributed by atoms with Gasteiger partial charge in [0.2, 0.25) is 5.91 Å². The molecule has 1 unspecified atom stereocenters. The Hall–Kier alpha value is -1.85. The van der Waals surface area contributed by atoms with Gasteiger partial charge in [0.25, 0.3) is 0 Å². The van der Waals surface area contributed by atoms with E-state index in [2.05, 4.69) is 21.2 Å². The molecule has 1 atom stereocenters. The third-order valence-electron chi connectivity index (χ3n) is 2.41. The van der Waals surface area contributed by atoms with Crippen LogP contribution in [0.1, 0.15) is 25.3 Å². The van der Waals surface area contributed by atoms with E-state index >= 15 is 0 Å². The molecule has 4 nitrogen and oxygen atoms in total. The van der Waals surface area contributed by atoms with Crippen molar-refractivity contribution in [3.63, 3.8) is 0 Å². The molecule has 0 saturated carbocycles. The van der Waals surface area contributed by atoms with Crippen LogP contribution in [0, 0.1) is 28.6 Å². The summed E-state index contributed by atoms with van der Waals surface area (Å²) in [4.78, 5) is 11.9. The summed E-state index contributed by atoms with van der Waals surface area (Å²) in [6, 6.07) is 8.95. The number of benzene rings is 1. The van der Waals surface area contributed by atoms with Crippen LogP contribution in [0.25, 0.3) is 0 Å². The largest absolute Gasteiger partial charge is 0.324 e. The first kappa shape index (κ1) is 14.2. The zero-order chi connectivity index (χ0) is 13.5. The standard InChI is InChI=1S/C13H12BrN3O/c1-2-3-10(8-16)13(18)17-12-6-11(14)5-4-9(12)7-15/h4-6,10H,2-3H2,1H3,(H,17,18). The van der Waals surface area contributed by atoms with Gasteiger partial charge in [-0.1, -0.05) is 29.3 Å². The highest BCUT2D eigenvalue weighted by Gasteiger charge is 2.18. The number of nitriles is 2. The van der Waals surface area contributed by atoms with Gasteiger partial charge in [-0.15, -0.1) is 0 Å².